The second-order valence-corrected chi connectivity index (χ2v) is 6.44. The molecule has 1 aliphatic rings. The second-order valence-electron chi connectivity index (χ2n) is 6.44. The van der Waals surface area contributed by atoms with E-state index in [0.29, 0.717) is 12.1 Å². The number of piperidine rings is 1. The Balaban J connectivity index is 1.99. The molecule has 20 heavy (non-hydrogen) atoms. The number of benzene rings is 1. The Bertz CT molecular complexity index is 433. The van der Waals surface area contributed by atoms with Gasteiger partial charge < -0.3 is 5.32 Å². The topological polar surface area (TPSA) is 15.3 Å². The molecule has 0 saturated carbocycles. The van der Waals surface area contributed by atoms with Gasteiger partial charge in [0.2, 0.25) is 0 Å². The number of likely N-dealkylation sites (tertiary alicyclic amines) is 1. The molecule has 0 radical (unpaired) electrons. The highest BCUT2D eigenvalue weighted by Gasteiger charge is 2.20. The minimum absolute atomic E-state index is 0.0632. The van der Waals surface area contributed by atoms with Crippen LogP contribution in [-0.4, -0.2) is 30.1 Å². The van der Waals surface area contributed by atoms with Gasteiger partial charge >= 0.3 is 0 Å². The van der Waals surface area contributed by atoms with E-state index in [2.05, 4.69) is 24.1 Å². The minimum Gasteiger partial charge on any atom is -0.311 e. The van der Waals surface area contributed by atoms with E-state index in [1.165, 1.54) is 18.4 Å². The molecule has 1 atom stereocenters. The lowest BCUT2D eigenvalue weighted by atomic mass is 10.0. The van der Waals surface area contributed by atoms with Crippen LogP contribution >= 0.6 is 0 Å². The fourth-order valence-corrected chi connectivity index (χ4v) is 3.19. The van der Waals surface area contributed by atoms with Crippen LogP contribution in [0.5, 0.6) is 0 Å². The molecule has 1 fully saturated rings. The number of rotatable bonds is 4. The largest absolute Gasteiger partial charge is 0.311 e. The van der Waals surface area contributed by atoms with Gasteiger partial charge in [-0.25, -0.2) is 4.39 Å². The molecule has 0 aromatic heterocycles. The summed E-state index contributed by atoms with van der Waals surface area (Å²) in [6.45, 7) is 11.3. The van der Waals surface area contributed by atoms with Crippen LogP contribution in [0.3, 0.4) is 0 Å². The summed E-state index contributed by atoms with van der Waals surface area (Å²) < 4.78 is 13.7. The lowest BCUT2D eigenvalue weighted by Crippen LogP contribution is -2.47. The van der Waals surface area contributed by atoms with Crippen molar-refractivity contribution in [2.45, 2.75) is 59.2 Å². The quantitative estimate of drug-likeness (QED) is 0.908. The molecule has 0 amide bonds. The maximum absolute atomic E-state index is 13.7. The molecule has 0 bridgehead atoms. The van der Waals surface area contributed by atoms with E-state index in [9.17, 15) is 4.39 Å². The molecular formula is C17H27FN2. The Morgan fingerprint density at radius 3 is 2.55 bits per heavy atom. The van der Waals surface area contributed by atoms with Crippen molar-refractivity contribution in [2.75, 3.05) is 13.1 Å². The van der Waals surface area contributed by atoms with Gasteiger partial charge in [-0.05, 0) is 49.9 Å². The van der Waals surface area contributed by atoms with E-state index >= 15 is 0 Å². The van der Waals surface area contributed by atoms with Crippen molar-refractivity contribution >= 4 is 0 Å². The van der Waals surface area contributed by atoms with Gasteiger partial charge in [-0.2, -0.15) is 0 Å². The summed E-state index contributed by atoms with van der Waals surface area (Å²) in [4.78, 5) is 2.48. The van der Waals surface area contributed by atoms with Crippen LogP contribution in [0.15, 0.2) is 12.1 Å². The molecule has 1 N–H and O–H groups in total. The zero-order chi connectivity index (χ0) is 14.7. The minimum atomic E-state index is -0.0632. The summed E-state index contributed by atoms with van der Waals surface area (Å²) >= 11 is 0. The number of nitrogens with zero attached hydrogens (tertiary/aromatic N) is 1. The monoisotopic (exact) mass is 278 g/mol. The van der Waals surface area contributed by atoms with Crippen molar-refractivity contribution in [1.82, 2.24) is 10.2 Å². The van der Waals surface area contributed by atoms with Gasteiger partial charge in [-0.1, -0.05) is 26.0 Å². The fourth-order valence-electron chi connectivity index (χ4n) is 3.19. The van der Waals surface area contributed by atoms with Crippen LogP contribution < -0.4 is 5.32 Å². The first-order valence-electron chi connectivity index (χ1n) is 7.69. The van der Waals surface area contributed by atoms with Crippen molar-refractivity contribution in [2.24, 2.45) is 0 Å². The van der Waals surface area contributed by atoms with Gasteiger partial charge in [0.05, 0.1) is 0 Å². The summed E-state index contributed by atoms with van der Waals surface area (Å²) in [5.41, 5.74) is 2.74. The molecule has 3 heteroatoms. The third-order valence-electron chi connectivity index (χ3n) is 3.98. The average molecular weight is 278 g/mol. The van der Waals surface area contributed by atoms with E-state index in [1.54, 1.807) is 0 Å². The van der Waals surface area contributed by atoms with Gasteiger partial charge in [-0.15, -0.1) is 0 Å². The standard InChI is InChI=1S/C17H27FN2/c1-12(2)19-16-6-5-7-20(11-16)10-15-8-13(3)17(18)14(4)9-15/h8-9,12,16,19H,5-7,10-11H2,1-4H3. The van der Waals surface area contributed by atoms with E-state index < -0.39 is 0 Å². The van der Waals surface area contributed by atoms with Crippen molar-refractivity contribution in [3.05, 3.63) is 34.6 Å². The molecule has 112 valence electrons. The van der Waals surface area contributed by atoms with Crippen LogP contribution in [0.1, 0.15) is 43.4 Å². The maximum atomic E-state index is 13.7. The van der Waals surface area contributed by atoms with Crippen LogP contribution in [0.25, 0.3) is 0 Å². The highest BCUT2D eigenvalue weighted by Crippen LogP contribution is 2.18. The summed E-state index contributed by atoms with van der Waals surface area (Å²) in [6, 6.07) is 5.10. The maximum Gasteiger partial charge on any atom is 0.129 e. The van der Waals surface area contributed by atoms with E-state index in [4.69, 9.17) is 0 Å². The lowest BCUT2D eigenvalue weighted by Gasteiger charge is -2.34. The number of aryl methyl sites for hydroxylation is 2. The molecule has 1 aromatic rings. The highest BCUT2D eigenvalue weighted by atomic mass is 19.1. The summed E-state index contributed by atoms with van der Waals surface area (Å²) in [5, 5.41) is 3.63. The smallest absolute Gasteiger partial charge is 0.129 e. The molecule has 1 aliphatic heterocycles. The summed E-state index contributed by atoms with van der Waals surface area (Å²) in [7, 11) is 0. The molecule has 1 aromatic carbocycles. The molecule has 1 unspecified atom stereocenters. The summed E-state index contributed by atoms with van der Waals surface area (Å²) in [6.07, 6.45) is 2.50. The zero-order valence-electron chi connectivity index (χ0n) is 13.2. The number of hydrogen-bond acceptors (Lipinski definition) is 2. The molecule has 1 saturated heterocycles. The Morgan fingerprint density at radius 1 is 1.30 bits per heavy atom. The first-order chi connectivity index (χ1) is 9.45. The predicted molar refractivity (Wildman–Crippen MR) is 82.4 cm³/mol. The summed E-state index contributed by atoms with van der Waals surface area (Å²) in [5.74, 6) is -0.0632. The molecule has 1 heterocycles. The first kappa shape index (κ1) is 15.5. The molecule has 0 aliphatic carbocycles. The number of halogens is 1. The van der Waals surface area contributed by atoms with Crippen molar-refractivity contribution < 1.29 is 4.39 Å². The molecular weight excluding hydrogens is 251 g/mol. The Hall–Kier alpha value is -0.930. The van der Waals surface area contributed by atoms with Crippen LogP contribution in [-0.2, 0) is 6.54 Å². The lowest BCUT2D eigenvalue weighted by molar-refractivity contribution is 0.178. The Kier molecular flexibility index (Phi) is 5.17. The van der Waals surface area contributed by atoms with E-state index in [1.807, 2.05) is 26.0 Å². The molecule has 0 spiro atoms. The fraction of sp³-hybridized carbons (Fsp3) is 0.647. The van der Waals surface area contributed by atoms with Gasteiger partial charge in [0, 0.05) is 25.2 Å². The number of hydrogen-bond donors (Lipinski definition) is 1. The van der Waals surface area contributed by atoms with Crippen molar-refractivity contribution in [3.63, 3.8) is 0 Å². The first-order valence-corrected chi connectivity index (χ1v) is 7.69. The van der Waals surface area contributed by atoms with Crippen molar-refractivity contribution in [3.8, 4) is 0 Å². The van der Waals surface area contributed by atoms with Gasteiger partial charge in [-0.3, -0.25) is 4.90 Å². The highest BCUT2D eigenvalue weighted by molar-refractivity contribution is 5.30. The predicted octanol–water partition coefficient (Wildman–Crippen LogP) is 3.40. The normalized spacial score (nSPS) is 20.6. The molecule has 2 nitrogen and oxygen atoms in total. The second kappa shape index (κ2) is 6.68. The van der Waals surface area contributed by atoms with Gasteiger partial charge in [0.15, 0.2) is 0 Å². The van der Waals surface area contributed by atoms with Crippen LogP contribution in [0.2, 0.25) is 0 Å². The zero-order valence-corrected chi connectivity index (χ0v) is 13.2. The van der Waals surface area contributed by atoms with Crippen LogP contribution in [0.4, 0.5) is 4.39 Å². The Labute approximate surface area is 122 Å². The number of nitrogens with one attached hydrogen (secondary N) is 1. The SMILES string of the molecule is Cc1cc(CN2CCCC(NC(C)C)C2)cc(C)c1F. The molecule has 2 rings (SSSR count). The third-order valence-corrected chi connectivity index (χ3v) is 3.98. The van der Waals surface area contributed by atoms with Crippen LogP contribution in [0, 0.1) is 19.7 Å². The van der Waals surface area contributed by atoms with Gasteiger partial charge in [0.25, 0.3) is 0 Å². The van der Waals surface area contributed by atoms with E-state index in [-0.39, 0.29) is 5.82 Å². The Morgan fingerprint density at radius 2 is 1.95 bits per heavy atom. The van der Waals surface area contributed by atoms with Gasteiger partial charge in [0.1, 0.15) is 5.82 Å². The van der Waals surface area contributed by atoms with E-state index in [0.717, 1.165) is 30.8 Å². The van der Waals surface area contributed by atoms with Crippen molar-refractivity contribution in [1.29, 1.82) is 0 Å². The average Bonchev–Trinajstić information content (AvgIpc) is 2.35. The third kappa shape index (κ3) is 4.03.